The van der Waals surface area contributed by atoms with Gasteiger partial charge in [-0.3, -0.25) is 0 Å². The quantitative estimate of drug-likeness (QED) is 0.691. The van der Waals surface area contributed by atoms with E-state index in [1.54, 1.807) is 0 Å². The maximum Gasteiger partial charge on any atom is 0.0524 e. The molecule has 0 aromatic carbocycles. The normalized spacial score (nSPS) is 26.4. The van der Waals surface area contributed by atoms with Crippen LogP contribution in [-0.2, 0) is 0 Å². The Hall–Kier alpha value is -0.120. The Morgan fingerprint density at radius 1 is 1.57 bits per heavy atom. The van der Waals surface area contributed by atoms with Gasteiger partial charge in [0.2, 0.25) is 0 Å². The molecule has 3 heteroatoms. The van der Waals surface area contributed by atoms with Gasteiger partial charge in [-0.25, -0.2) is 0 Å². The van der Waals surface area contributed by atoms with E-state index in [1.165, 1.54) is 25.9 Å². The van der Waals surface area contributed by atoms with E-state index < -0.39 is 0 Å². The van der Waals surface area contributed by atoms with Gasteiger partial charge in [0.05, 0.1) is 6.10 Å². The van der Waals surface area contributed by atoms with Gasteiger partial charge < -0.3 is 15.7 Å². The van der Waals surface area contributed by atoms with Crippen LogP contribution >= 0.6 is 0 Å². The molecule has 0 radical (unpaired) electrons. The largest absolute Gasteiger partial charge is 0.393 e. The van der Waals surface area contributed by atoms with Crippen LogP contribution in [0.25, 0.3) is 0 Å². The zero-order chi connectivity index (χ0) is 10.4. The van der Waals surface area contributed by atoms with Crippen molar-refractivity contribution in [3.63, 3.8) is 0 Å². The van der Waals surface area contributed by atoms with Crippen molar-refractivity contribution in [1.29, 1.82) is 0 Å². The van der Waals surface area contributed by atoms with Gasteiger partial charge in [-0.15, -0.1) is 0 Å². The van der Waals surface area contributed by atoms with Gasteiger partial charge in [-0.05, 0) is 51.6 Å². The van der Waals surface area contributed by atoms with Crippen molar-refractivity contribution in [1.82, 2.24) is 4.90 Å². The number of hydrogen-bond acceptors (Lipinski definition) is 3. The minimum atomic E-state index is -0.162. The van der Waals surface area contributed by atoms with Crippen LogP contribution in [0.2, 0.25) is 0 Å². The summed E-state index contributed by atoms with van der Waals surface area (Å²) in [7, 11) is 0. The van der Waals surface area contributed by atoms with Crippen LogP contribution in [-0.4, -0.2) is 42.3 Å². The SMILES string of the molecule is CC(O)CCN1CCCC(CCN)C1. The fourth-order valence-corrected chi connectivity index (χ4v) is 2.20. The molecule has 0 aromatic heterocycles. The van der Waals surface area contributed by atoms with Crippen LogP contribution in [0.4, 0.5) is 0 Å². The Balaban J connectivity index is 2.18. The first-order valence-electron chi connectivity index (χ1n) is 5.83. The lowest BCUT2D eigenvalue weighted by Crippen LogP contribution is -2.37. The summed E-state index contributed by atoms with van der Waals surface area (Å²) in [5, 5.41) is 9.21. The molecule has 1 rings (SSSR count). The monoisotopic (exact) mass is 200 g/mol. The molecule has 0 saturated carbocycles. The number of piperidine rings is 1. The van der Waals surface area contributed by atoms with Crippen LogP contribution in [0.3, 0.4) is 0 Å². The molecule has 84 valence electrons. The second kappa shape index (κ2) is 6.38. The fraction of sp³-hybridized carbons (Fsp3) is 1.00. The zero-order valence-electron chi connectivity index (χ0n) is 9.28. The highest BCUT2D eigenvalue weighted by molar-refractivity contribution is 4.73. The predicted octanol–water partition coefficient (Wildman–Crippen LogP) is 0.818. The number of hydrogen-bond donors (Lipinski definition) is 2. The molecule has 0 aromatic rings. The summed E-state index contributed by atoms with van der Waals surface area (Å²) in [6.45, 7) is 6.10. The summed E-state index contributed by atoms with van der Waals surface area (Å²) < 4.78 is 0. The maximum absolute atomic E-state index is 9.21. The standard InChI is InChI=1S/C11H24N2O/c1-10(14)5-8-13-7-2-3-11(9-13)4-6-12/h10-11,14H,2-9,12H2,1H3. The Morgan fingerprint density at radius 2 is 2.36 bits per heavy atom. The molecular weight excluding hydrogens is 176 g/mol. The maximum atomic E-state index is 9.21. The summed E-state index contributed by atoms with van der Waals surface area (Å²) >= 11 is 0. The van der Waals surface area contributed by atoms with Crippen LogP contribution < -0.4 is 5.73 Å². The van der Waals surface area contributed by atoms with Crippen LogP contribution in [0.1, 0.15) is 32.6 Å². The Bertz CT molecular complexity index is 148. The van der Waals surface area contributed by atoms with Crippen molar-refractivity contribution in [3.8, 4) is 0 Å². The van der Waals surface area contributed by atoms with Gasteiger partial charge in [0.1, 0.15) is 0 Å². The molecule has 0 bridgehead atoms. The summed E-state index contributed by atoms with van der Waals surface area (Å²) in [5.74, 6) is 0.794. The molecule has 0 aliphatic carbocycles. The van der Waals surface area contributed by atoms with Gasteiger partial charge in [-0.1, -0.05) is 0 Å². The molecule has 1 saturated heterocycles. The zero-order valence-corrected chi connectivity index (χ0v) is 9.28. The van der Waals surface area contributed by atoms with E-state index in [0.29, 0.717) is 0 Å². The fourth-order valence-electron chi connectivity index (χ4n) is 2.20. The van der Waals surface area contributed by atoms with E-state index in [1.807, 2.05) is 6.92 Å². The number of nitrogens with zero attached hydrogens (tertiary/aromatic N) is 1. The average molecular weight is 200 g/mol. The molecule has 0 amide bonds. The molecule has 2 unspecified atom stereocenters. The highest BCUT2D eigenvalue weighted by Crippen LogP contribution is 2.19. The summed E-state index contributed by atoms with van der Waals surface area (Å²) in [6.07, 6.45) is 4.53. The van der Waals surface area contributed by atoms with Crippen molar-refractivity contribution >= 4 is 0 Å². The number of likely N-dealkylation sites (tertiary alicyclic amines) is 1. The predicted molar refractivity (Wildman–Crippen MR) is 59.1 cm³/mol. The topological polar surface area (TPSA) is 49.5 Å². The molecule has 3 N–H and O–H groups in total. The first-order valence-corrected chi connectivity index (χ1v) is 5.83. The molecule has 3 nitrogen and oxygen atoms in total. The molecular formula is C11H24N2O. The minimum Gasteiger partial charge on any atom is -0.393 e. The first kappa shape index (κ1) is 12.0. The molecule has 14 heavy (non-hydrogen) atoms. The highest BCUT2D eigenvalue weighted by Gasteiger charge is 2.18. The van der Waals surface area contributed by atoms with Crippen LogP contribution in [0.5, 0.6) is 0 Å². The number of aliphatic hydroxyl groups excluding tert-OH is 1. The van der Waals surface area contributed by atoms with E-state index in [9.17, 15) is 5.11 Å². The van der Waals surface area contributed by atoms with E-state index in [-0.39, 0.29) is 6.10 Å². The Morgan fingerprint density at radius 3 is 3.00 bits per heavy atom. The molecule has 1 fully saturated rings. The third kappa shape index (κ3) is 4.40. The average Bonchev–Trinajstić information content (AvgIpc) is 2.16. The first-order chi connectivity index (χ1) is 6.72. The molecule has 1 heterocycles. The molecule has 2 atom stereocenters. The summed E-state index contributed by atoms with van der Waals surface area (Å²) in [5.41, 5.74) is 5.57. The third-order valence-corrected chi connectivity index (χ3v) is 3.04. The van der Waals surface area contributed by atoms with Crippen molar-refractivity contribution in [2.45, 2.75) is 38.7 Å². The molecule has 1 aliphatic heterocycles. The number of nitrogens with two attached hydrogens (primary N) is 1. The molecule has 1 aliphatic rings. The lowest BCUT2D eigenvalue weighted by Gasteiger charge is -2.32. The van der Waals surface area contributed by atoms with Gasteiger partial charge in [0, 0.05) is 13.1 Å². The lowest BCUT2D eigenvalue weighted by atomic mass is 9.95. The highest BCUT2D eigenvalue weighted by atomic mass is 16.3. The number of aliphatic hydroxyl groups is 1. The second-order valence-corrected chi connectivity index (χ2v) is 4.52. The van der Waals surface area contributed by atoms with Crippen LogP contribution in [0, 0.1) is 5.92 Å². The van der Waals surface area contributed by atoms with Gasteiger partial charge in [-0.2, -0.15) is 0 Å². The van der Waals surface area contributed by atoms with Gasteiger partial charge in [0.15, 0.2) is 0 Å². The van der Waals surface area contributed by atoms with Crippen LogP contribution in [0.15, 0.2) is 0 Å². The Kier molecular flexibility index (Phi) is 5.45. The second-order valence-electron chi connectivity index (χ2n) is 4.52. The van der Waals surface area contributed by atoms with E-state index in [0.717, 1.165) is 31.8 Å². The van der Waals surface area contributed by atoms with Crippen molar-refractivity contribution in [3.05, 3.63) is 0 Å². The van der Waals surface area contributed by atoms with E-state index in [2.05, 4.69) is 4.90 Å². The van der Waals surface area contributed by atoms with E-state index >= 15 is 0 Å². The third-order valence-electron chi connectivity index (χ3n) is 3.04. The summed E-state index contributed by atoms with van der Waals surface area (Å²) in [6, 6.07) is 0. The smallest absolute Gasteiger partial charge is 0.0524 e. The molecule has 0 spiro atoms. The lowest BCUT2D eigenvalue weighted by molar-refractivity contribution is 0.126. The van der Waals surface area contributed by atoms with E-state index in [4.69, 9.17) is 5.73 Å². The van der Waals surface area contributed by atoms with Crippen molar-refractivity contribution < 1.29 is 5.11 Å². The van der Waals surface area contributed by atoms with Crippen molar-refractivity contribution in [2.75, 3.05) is 26.2 Å². The number of rotatable bonds is 5. The summed E-state index contributed by atoms with van der Waals surface area (Å²) in [4.78, 5) is 2.47. The van der Waals surface area contributed by atoms with Crippen molar-refractivity contribution in [2.24, 2.45) is 11.7 Å². The Labute approximate surface area is 87.3 Å². The van der Waals surface area contributed by atoms with Gasteiger partial charge in [0.25, 0.3) is 0 Å². The minimum absolute atomic E-state index is 0.162. The van der Waals surface area contributed by atoms with Gasteiger partial charge >= 0.3 is 0 Å².